The highest BCUT2D eigenvalue weighted by molar-refractivity contribution is 6.21. The zero-order valence-corrected chi connectivity index (χ0v) is 7.59. The Morgan fingerprint density at radius 1 is 1.45 bits per heavy atom. The van der Waals surface area contributed by atoms with Crippen molar-refractivity contribution in [2.24, 2.45) is 0 Å². The molecule has 0 aromatic carbocycles. The molecule has 0 fully saturated rings. The van der Waals surface area contributed by atoms with E-state index in [1.165, 1.54) is 12.8 Å². The normalized spacial score (nSPS) is 22.7. The third-order valence-electron chi connectivity index (χ3n) is 1.75. The summed E-state index contributed by atoms with van der Waals surface area (Å²) in [5.41, 5.74) is 0.0616. The Balaban J connectivity index is 2.33. The topological polar surface area (TPSA) is 3.24 Å². The molecule has 0 bridgehead atoms. The molecule has 0 amide bonds. The van der Waals surface area contributed by atoms with Crippen LogP contribution in [0.25, 0.3) is 0 Å². The van der Waals surface area contributed by atoms with Crippen LogP contribution in [0.3, 0.4) is 0 Å². The van der Waals surface area contributed by atoms with Crippen LogP contribution in [0.15, 0.2) is 24.4 Å². The Labute approximate surface area is 73.3 Å². The summed E-state index contributed by atoms with van der Waals surface area (Å²) in [6.07, 6.45) is 10.5. The van der Waals surface area contributed by atoms with Gasteiger partial charge in [0, 0.05) is 12.7 Å². The first-order valence-corrected chi connectivity index (χ1v) is 4.53. The maximum atomic E-state index is 6.01. The minimum absolute atomic E-state index is 0.0616. The lowest BCUT2D eigenvalue weighted by Crippen LogP contribution is -2.26. The number of hydrogen-bond acceptors (Lipinski definition) is 1. The van der Waals surface area contributed by atoms with Crippen molar-refractivity contribution < 1.29 is 0 Å². The van der Waals surface area contributed by atoms with Gasteiger partial charge in [-0.1, -0.05) is 31.0 Å². The molecule has 1 atom stereocenters. The summed E-state index contributed by atoms with van der Waals surface area (Å²) in [5, 5.41) is 0. The minimum atomic E-state index is 0.0616. The van der Waals surface area contributed by atoms with Gasteiger partial charge in [-0.2, -0.15) is 0 Å². The van der Waals surface area contributed by atoms with E-state index < -0.39 is 0 Å². The molecule has 0 aliphatic carbocycles. The highest BCUT2D eigenvalue weighted by Crippen LogP contribution is 2.12. The summed E-state index contributed by atoms with van der Waals surface area (Å²) in [4.78, 5) is 2.14. The predicted octanol–water partition coefficient (Wildman–Crippen LogP) is 2.74. The van der Waals surface area contributed by atoms with Crippen LogP contribution in [0.2, 0.25) is 0 Å². The standard InChI is InChI=1S/C9H14ClN/c1-2-3-7-11-8-5-4-6-9(11)10/h4-6,8-9H,2-3,7H2,1H3. The minimum Gasteiger partial charge on any atom is -0.358 e. The summed E-state index contributed by atoms with van der Waals surface area (Å²) in [7, 11) is 0. The van der Waals surface area contributed by atoms with Crippen molar-refractivity contribution in [3.8, 4) is 0 Å². The predicted molar refractivity (Wildman–Crippen MR) is 49.5 cm³/mol. The summed E-state index contributed by atoms with van der Waals surface area (Å²) in [6.45, 7) is 3.25. The van der Waals surface area contributed by atoms with E-state index in [0.717, 1.165) is 6.54 Å². The van der Waals surface area contributed by atoms with E-state index >= 15 is 0 Å². The molecule has 0 spiro atoms. The third-order valence-corrected chi connectivity index (χ3v) is 2.14. The second-order valence-corrected chi connectivity index (χ2v) is 3.14. The molecule has 1 heterocycles. The average Bonchev–Trinajstić information content (AvgIpc) is 2.03. The summed E-state index contributed by atoms with van der Waals surface area (Å²) >= 11 is 6.01. The van der Waals surface area contributed by atoms with E-state index in [4.69, 9.17) is 11.6 Å². The van der Waals surface area contributed by atoms with Crippen LogP contribution in [-0.2, 0) is 0 Å². The fourth-order valence-corrected chi connectivity index (χ4v) is 1.29. The molecule has 1 aliphatic rings. The molecule has 62 valence electrons. The number of unbranched alkanes of at least 4 members (excludes halogenated alkanes) is 1. The average molecular weight is 172 g/mol. The molecule has 0 saturated heterocycles. The summed E-state index contributed by atoms with van der Waals surface area (Å²) in [5.74, 6) is 0. The maximum Gasteiger partial charge on any atom is 0.122 e. The summed E-state index contributed by atoms with van der Waals surface area (Å²) < 4.78 is 0. The van der Waals surface area contributed by atoms with Crippen molar-refractivity contribution in [1.82, 2.24) is 4.90 Å². The van der Waals surface area contributed by atoms with Gasteiger partial charge in [0.25, 0.3) is 0 Å². The highest BCUT2D eigenvalue weighted by Gasteiger charge is 2.08. The first kappa shape index (κ1) is 8.66. The lowest BCUT2D eigenvalue weighted by Gasteiger charge is -2.25. The molecule has 1 unspecified atom stereocenters. The van der Waals surface area contributed by atoms with Gasteiger partial charge in [0.15, 0.2) is 0 Å². The molecule has 1 aliphatic heterocycles. The van der Waals surface area contributed by atoms with Gasteiger partial charge in [-0.3, -0.25) is 0 Å². The van der Waals surface area contributed by atoms with Crippen LogP contribution < -0.4 is 0 Å². The summed E-state index contributed by atoms with van der Waals surface area (Å²) in [6, 6.07) is 0. The SMILES string of the molecule is CCCCN1C=CC=CC1Cl. The van der Waals surface area contributed by atoms with E-state index in [1.807, 2.05) is 24.4 Å². The number of allylic oxidation sites excluding steroid dienone is 2. The Morgan fingerprint density at radius 2 is 2.27 bits per heavy atom. The fourth-order valence-electron chi connectivity index (χ4n) is 1.05. The van der Waals surface area contributed by atoms with Crippen LogP contribution >= 0.6 is 11.6 Å². The zero-order valence-electron chi connectivity index (χ0n) is 6.83. The molecule has 0 aromatic heterocycles. The highest BCUT2D eigenvalue weighted by atomic mass is 35.5. The molecule has 11 heavy (non-hydrogen) atoms. The zero-order chi connectivity index (χ0) is 8.10. The Morgan fingerprint density at radius 3 is 2.91 bits per heavy atom. The van der Waals surface area contributed by atoms with Crippen LogP contribution in [0.4, 0.5) is 0 Å². The van der Waals surface area contributed by atoms with Gasteiger partial charge in [-0.25, -0.2) is 0 Å². The van der Waals surface area contributed by atoms with Gasteiger partial charge in [0.1, 0.15) is 5.50 Å². The van der Waals surface area contributed by atoms with E-state index in [1.54, 1.807) is 0 Å². The van der Waals surface area contributed by atoms with Crippen LogP contribution in [0.5, 0.6) is 0 Å². The molecule has 0 N–H and O–H groups in total. The Kier molecular flexibility index (Phi) is 3.50. The molecule has 1 nitrogen and oxygen atoms in total. The third kappa shape index (κ3) is 2.58. The maximum absolute atomic E-state index is 6.01. The largest absolute Gasteiger partial charge is 0.358 e. The van der Waals surface area contributed by atoms with Gasteiger partial charge >= 0.3 is 0 Å². The first-order valence-electron chi connectivity index (χ1n) is 4.09. The Hall–Kier alpha value is -0.430. The van der Waals surface area contributed by atoms with Gasteiger partial charge in [0.05, 0.1) is 0 Å². The second-order valence-electron chi connectivity index (χ2n) is 2.69. The van der Waals surface area contributed by atoms with Crippen molar-refractivity contribution in [3.05, 3.63) is 24.4 Å². The van der Waals surface area contributed by atoms with Gasteiger partial charge < -0.3 is 4.90 Å². The van der Waals surface area contributed by atoms with Gasteiger partial charge in [0.2, 0.25) is 0 Å². The van der Waals surface area contributed by atoms with Gasteiger partial charge in [-0.05, 0) is 18.6 Å². The number of halogens is 1. The quantitative estimate of drug-likeness (QED) is 0.466. The van der Waals surface area contributed by atoms with E-state index in [2.05, 4.69) is 11.8 Å². The van der Waals surface area contributed by atoms with Gasteiger partial charge in [-0.15, -0.1) is 0 Å². The van der Waals surface area contributed by atoms with Crippen LogP contribution in [0.1, 0.15) is 19.8 Å². The molecule has 2 heteroatoms. The molecule has 0 aromatic rings. The van der Waals surface area contributed by atoms with Crippen molar-refractivity contribution in [1.29, 1.82) is 0 Å². The van der Waals surface area contributed by atoms with Crippen molar-refractivity contribution in [3.63, 3.8) is 0 Å². The number of alkyl halides is 1. The van der Waals surface area contributed by atoms with Crippen LogP contribution in [-0.4, -0.2) is 16.9 Å². The lowest BCUT2D eigenvalue weighted by molar-refractivity contribution is 0.373. The number of nitrogens with zero attached hydrogens (tertiary/aromatic N) is 1. The molecular formula is C9H14ClN. The number of hydrogen-bond donors (Lipinski definition) is 0. The smallest absolute Gasteiger partial charge is 0.122 e. The van der Waals surface area contributed by atoms with E-state index in [9.17, 15) is 0 Å². The Bertz CT molecular complexity index is 163. The first-order chi connectivity index (χ1) is 5.34. The van der Waals surface area contributed by atoms with Crippen LogP contribution in [0, 0.1) is 0 Å². The lowest BCUT2D eigenvalue weighted by atomic mass is 10.3. The second kappa shape index (κ2) is 4.45. The van der Waals surface area contributed by atoms with Crippen molar-refractivity contribution >= 4 is 11.6 Å². The van der Waals surface area contributed by atoms with E-state index in [0.29, 0.717) is 0 Å². The molecule has 0 saturated carbocycles. The molecule has 0 radical (unpaired) electrons. The monoisotopic (exact) mass is 171 g/mol. The fraction of sp³-hybridized carbons (Fsp3) is 0.556. The van der Waals surface area contributed by atoms with Crippen molar-refractivity contribution in [2.75, 3.05) is 6.54 Å². The molecular weight excluding hydrogens is 158 g/mol. The van der Waals surface area contributed by atoms with Crippen molar-refractivity contribution in [2.45, 2.75) is 25.3 Å². The molecule has 1 rings (SSSR count). The van der Waals surface area contributed by atoms with E-state index in [-0.39, 0.29) is 5.50 Å². The number of rotatable bonds is 3.